The van der Waals surface area contributed by atoms with Crippen molar-refractivity contribution in [2.24, 2.45) is 0 Å². The zero-order chi connectivity index (χ0) is 10.7. The van der Waals surface area contributed by atoms with E-state index >= 15 is 0 Å². The Hall–Kier alpha value is -0.960. The highest BCUT2D eigenvalue weighted by atomic mass is 35.5. The molecule has 0 saturated carbocycles. The molecule has 1 rings (SSSR count). The standard InChI is InChI=1S/C10H9ClF2O/c1-6(14)2-3-7-4-5-8(12)9(11)10(7)13/h4-5H,2-3H2,1H3. The average Bonchev–Trinajstić information content (AvgIpc) is 2.13. The molecule has 0 aliphatic rings. The molecule has 0 aromatic heterocycles. The summed E-state index contributed by atoms with van der Waals surface area (Å²) in [5, 5.41) is -0.508. The van der Waals surface area contributed by atoms with Gasteiger partial charge in [-0.2, -0.15) is 0 Å². The number of hydrogen-bond acceptors (Lipinski definition) is 1. The van der Waals surface area contributed by atoms with Gasteiger partial charge in [0.1, 0.15) is 22.4 Å². The number of hydrogen-bond donors (Lipinski definition) is 0. The normalized spacial score (nSPS) is 10.3. The lowest BCUT2D eigenvalue weighted by molar-refractivity contribution is -0.116. The molecule has 0 heterocycles. The quantitative estimate of drug-likeness (QED) is 0.713. The van der Waals surface area contributed by atoms with Crippen molar-refractivity contribution in [2.75, 3.05) is 0 Å². The van der Waals surface area contributed by atoms with Crippen LogP contribution in [0.1, 0.15) is 18.9 Å². The van der Waals surface area contributed by atoms with Gasteiger partial charge in [0, 0.05) is 6.42 Å². The van der Waals surface area contributed by atoms with Gasteiger partial charge in [-0.1, -0.05) is 17.7 Å². The Kier molecular flexibility index (Phi) is 3.58. The van der Waals surface area contributed by atoms with E-state index in [1.807, 2.05) is 0 Å². The fraction of sp³-hybridized carbons (Fsp3) is 0.300. The molecule has 0 aliphatic heterocycles. The first-order valence-corrected chi connectivity index (χ1v) is 4.52. The summed E-state index contributed by atoms with van der Waals surface area (Å²) in [4.78, 5) is 10.7. The van der Waals surface area contributed by atoms with E-state index < -0.39 is 16.7 Å². The summed E-state index contributed by atoms with van der Waals surface area (Å²) >= 11 is 5.36. The largest absolute Gasteiger partial charge is 0.300 e. The van der Waals surface area contributed by atoms with Gasteiger partial charge in [-0.25, -0.2) is 8.78 Å². The molecule has 0 saturated heterocycles. The van der Waals surface area contributed by atoms with Gasteiger partial charge in [-0.15, -0.1) is 0 Å². The lowest BCUT2D eigenvalue weighted by Gasteiger charge is -2.03. The molecule has 1 aromatic carbocycles. The van der Waals surface area contributed by atoms with Crippen molar-refractivity contribution in [3.63, 3.8) is 0 Å². The Morgan fingerprint density at radius 1 is 1.43 bits per heavy atom. The minimum atomic E-state index is -0.782. The summed E-state index contributed by atoms with van der Waals surface area (Å²) in [5.41, 5.74) is 0.270. The van der Waals surface area contributed by atoms with Crippen LogP contribution in [-0.2, 0) is 11.2 Å². The highest BCUT2D eigenvalue weighted by Crippen LogP contribution is 2.22. The van der Waals surface area contributed by atoms with E-state index in [0.717, 1.165) is 6.07 Å². The van der Waals surface area contributed by atoms with E-state index in [0.29, 0.717) is 0 Å². The van der Waals surface area contributed by atoms with Crippen LogP contribution in [-0.4, -0.2) is 5.78 Å². The van der Waals surface area contributed by atoms with Gasteiger partial charge in [0.05, 0.1) is 0 Å². The number of carbonyl (C=O) groups excluding carboxylic acids is 1. The summed E-state index contributed by atoms with van der Waals surface area (Å²) in [5.74, 6) is -1.59. The first-order valence-electron chi connectivity index (χ1n) is 4.14. The van der Waals surface area contributed by atoms with Crippen molar-refractivity contribution in [1.29, 1.82) is 0 Å². The molecule has 4 heteroatoms. The zero-order valence-corrected chi connectivity index (χ0v) is 8.37. The molecule has 1 aromatic rings. The van der Waals surface area contributed by atoms with E-state index in [-0.39, 0.29) is 24.2 Å². The molecule has 0 atom stereocenters. The molecule has 0 fully saturated rings. The van der Waals surface area contributed by atoms with Crippen LogP contribution in [0.5, 0.6) is 0 Å². The number of aryl methyl sites for hydroxylation is 1. The van der Waals surface area contributed by atoms with Crippen molar-refractivity contribution < 1.29 is 13.6 Å². The van der Waals surface area contributed by atoms with Gasteiger partial charge in [-0.05, 0) is 25.0 Å². The highest BCUT2D eigenvalue weighted by molar-refractivity contribution is 6.30. The molecule has 0 N–H and O–H groups in total. The summed E-state index contributed by atoms with van der Waals surface area (Å²) in [6, 6.07) is 2.40. The molecule has 76 valence electrons. The maximum atomic E-state index is 13.2. The number of ketones is 1. The fourth-order valence-corrected chi connectivity index (χ4v) is 1.25. The minimum absolute atomic E-state index is 0.0372. The van der Waals surface area contributed by atoms with Crippen molar-refractivity contribution in [2.45, 2.75) is 19.8 Å². The van der Waals surface area contributed by atoms with Crippen molar-refractivity contribution >= 4 is 17.4 Å². The molecule has 0 radical (unpaired) electrons. The Labute approximate surface area is 85.7 Å². The Morgan fingerprint density at radius 2 is 2.07 bits per heavy atom. The van der Waals surface area contributed by atoms with Gasteiger partial charge in [0.25, 0.3) is 0 Å². The van der Waals surface area contributed by atoms with Gasteiger partial charge < -0.3 is 4.79 Å². The second-order valence-corrected chi connectivity index (χ2v) is 3.41. The van der Waals surface area contributed by atoms with Crippen LogP contribution in [0.3, 0.4) is 0 Å². The third-order valence-corrected chi connectivity index (χ3v) is 2.21. The Balaban J connectivity index is 2.88. The van der Waals surface area contributed by atoms with Crippen LogP contribution in [0.25, 0.3) is 0 Å². The second kappa shape index (κ2) is 4.51. The summed E-state index contributed by atoms with van der Waals surface area (Å²) < 4.78 is 25.9. The number of benzene rings is 1. The lowest BCUT2D eigenvalue weighted by atomic mass is 10.1. The third-order valence-electron chi connectivity index (χ3n) is 1.86. The zero-order valence-electron chi connectivity index (χ0n) is 7.61. The van der Waals surface area contributed by atoms with Crippen LogP contribution in [0.15, 0.2) is 12.1 Å². The maximum Gasteiger partial charge on any atom is 0.147 e. The van der Waals surface area contributed by atoms with E-state index in [1.54, 1.807) is 0 Å². The van der Waals surface area contributed by atoms with Crippen molar-refractivity contribution in [1.82, 2.24) is 0 Å². The molecule has 0 amide bonds. The van der Waals surface area contributed by atoms with Gasteiger partial charge in [-0.3, -0.25) is 0 Å². The van der Waals surface area contributed by atoms with Crippen LogP contribution in [0.4, 0.5) is 8.78 Å². The first kappa shape index (κ1) is 11.1. The average molecular weight is 219 g/mol. The second-order valence-electron chi connectivity index (χ2n) is 3.04. The molecular formula is C10H9ClF2O. The summed E-state index contributed by atoms with van der Waals surface area (Å²) in [7, 11) is 0. The molecular weight excluding hydrogens is 210 g/mol. The smallest absolute Gasteiger partial charge is 0.147 e. The lowest BCUT2D eigenvalue weighted by Crippen LogP contribution is -1.98. The van der Waals surface area contributed by atoms with E-state index in [2.05, 4.69) is 0 Å². The number of halogens is 3. The Bertz CT molecular complexity index is 363. The van der Waals surface area contributed by atoms with Gasteiger partial charge in [0.2, 0.25) is 0 Å². The van der Waals surface area contributed by atoms with Crippen LogP contribution in [0.2, 0.25) is 5.02 Å². The number of carbonyl (C=O) groups is 1. The first-order chi connectivity index (χ1) is 6.52. The summed E-state index contributed by atoms with van der Waals surface area (Å²) in [6.07, 6.45) is 0.486. The van der Waals surface area contributed by atoms with E-state index in [4.69, 9.17) is 11.6 Å². The van der Waals surface area contributed by atoms with Crippen molar-refractivity contribution in [3.05, 3.63) is 34.4 Å². The van der Waals surface area contributed by atoms with Crippen LogP contribution >= 0.6 is 11.6 Å². The summed E-state index contributed by atoms with van der Waals surface area (Å²) in [6.45, 7) is 1.42. The Morgan fingerprint density at radius 3 is 2.64 bits per heavy atom. The SMILES string of the molecule is CC(=O)CCc1ccc(F)c(Cl)c1F. The maximum absolute atomic E-state index is 13.2. The molecule has 0 spiro atoms. The van der Waals surface area contributed by atoms with E-state index in [9.17, 15) is 13.6 Å². The number of Topliss-reactive ketones (excluding diaryl/α,β-unsaturated/α-hetero) is 1. The number of rotatable bonds is 3. The molecule has 0 bridgehead atoms. The monoisotopic (exact) mass is 218 g/mol. The molecule has 0 aliphatic carbocycles. The molecule has 14 heavy (non-hydrogen) atoms. The van der Waals surface area contributed by atoms with Crippen LogP contribution in [0, 0.1) is 11.6 Å². The minimum Gasteiger partial charge on any atom is -0.300 e. The predicted octanol–water partition coefficient (Wildman–Crippen LogP) is 3.14. The van der Waals surface area contributed by atoms with Crippen LogP contribution < -0.4 is 0 Å². The highest BCUT2D eigenvalue weighted by Gasteiger charge is 2.11. The predicted molar refractivity (Wildman–Crippen MR) is 50.4 cm³/mol. The van der Waals surface area contributed by atoms with Crippen molar-refractivity contribution in [3.8, 4) is 0 Å². The van der Waals surface area contributed by atoms with E-state index in [1.165, 1.54) is 13.0 Å². The van der Waals surface area contributed by atoms with Gasteiger partial charge in [0.15, 0.2) is 0 Å². The molecule has 1 nitrogen and oxygen atoms in total. The molecule has 0 unspecified atom stereocenters. The fourth-order valence-electron chi connectivity index (χ4n) is 1.07. The third kappa shape index (κ3) is 2.51. The van der Waals surface area contributed by atoms with Gasteiger partial charge >= 0.3 is 0 Å². The topological polar surface area (TPSA) is 17.1 Å².